The van der Waals surface area contributed by atoms with Crippen LogP contribution in [-0.2, 0) is 9.47 Å². The second kappa shape index (κ2) is 9.70. The van der Waals surface area contributed by atoms with Crippen LogP contribution < -0.4 is 5.32 Å². The summed E-state index contributed by atoms with van der Waals surface area (Å²) in [5.41, 5.74) is 0.531. The van der Waals surface area contributed by atoms with Gasteiger partial charge in [-0.05, 0) is 31.1 Å². The number of aliphatic imine (C=N–C) groups is 1. The van der Waals surface area contributed by atoms with Gasteiger partial charge in [-0.1, -0.05) is 31.0 Å². The topological polar surface area (TPSA) is 42.9 Å². The molecule has 0 aromatic heterocycles. The molecule has 5 heteroatoms. The van der Waals surface area contributed by atoms with Crippen LogP contribution in [0.3, 0.4) is 0 Å². The van der Waals surface area contributed by atoms with E-state index in [1.54, 1.807) is 7.11 Å². The number of ether oxygens (including phenoxy) is 2. The molecular formula is C16H30N2O2S. The van der Waals surface area contributed by atoms with Crippen molar-refractivity contribution >= 4 is 16.9 Å². The number of hydrogen-bond donors (Lipinski definition) is 1. The normalized spacial score (nSPS) is 21.3. The smallest absolute Gasteiger partial charge is 0.156 e. The fourth-order valence-corrected chi connectivity index (χ4v) is 4.22. The lowest BCUT2D eigenvalue weighted by atomic mass is 9.75. The third kappa shape index (κ3) is 6.17. The molecule has 1 aliphatic carbocycles. The summed E-state index contributed by atoms with van der Waals surface area (Å²) in [7, 11) is 1.70. The molecule has 0 aromatic carbocycles. The minimum atomic E-state index is 0.531. The number of methoxy groups -OCH3 is 1. The lowest BCUT2D eigenvalue weighted by Gasteiger charge is -2.38. The summed E-state index contributed by atoms with van der Waals surface area (Å²) < 4.78 is 10.4. The number of amidine groups is 1. The molecule has 1 saturated carbocycles. The van der Waals surface area contributed by atoms with Gasteiger partial charge in [-0.25, -0.2) is 0 Å². The molecule has 1 spiro atoms. The Hall–Kier alpha value is -0.260. The van der Waals surface area contributed by atoms with Crippen LogP contribution in [0.25, 0.3) is 0 Å². The zero-order valence-electron chi connectivity index (χ0n) is 13.4. The molecule has 0 unspecified atom stereocenters. The average Bonchev–Trinajstić information content (AvgIpc) is 2.53. The van der Waals surface area contributed by atoms with Crippen molar-refractivity contribution in [1.82, 2.24) is 5.32 Å². The van der Waals surface area contributed by atoms with E-state index in [1.807, 2.05) is 11.8 Å². The van der Waals surface area contributed by atoms with Crippen LogP contribution in [-0.4, -0.2) is 50.9 Å². The minimum Gasteiger partial charge on any atom is -0.382 e. The number of thioether (sulfide) groups is 1. The van der Waals surface area contributed by atoms with E-state index in [0.717, 1.165) is 37.7 Å². The maximum absolute atomic E-state index is 5.45. The van der Waals surface area contributed by atoms with Gasteiger partial charge in [0.1, 0.15) is 0 Å². The highest BCUT2D eigenvalue weighted by Crippen LogP contribution is 2.41. The van der Waals surface area contributed by atoms with E-state index >= 15 is 0 Å². The molecule has 0 atom stereocenters. The Balaban J connectivity index is 1.52. The van der Waals surface area contributed by atoms with Crippen LogP contribution in [0.1, 0.15) is 44.9 Å². The van der Waals surface area contributed by atoms with Crippen molar-refractivity contribution in [3.63, 3.8) is 0 Å². The van der Waals surface area contributed by atoms with Gasteiger partial charge in [-0.15, -0.1) is 0 Å². The van der Waals surface area contributed by atoms with Crippen molar-refractivity contribution in [3.05, 3.63) is 0 Å². The van der Waals surface area contributed by atoms with Crippen molar-refractivity contribution < 1.29 is 9.47 Å². The molecule has 21 heavy (non-hydrogen) atoms. The van der Waals surface area contributed by atoms with E-state index in [4.69, 9.17) is 14.5 Å². The van der Waals surface area contributed by atoms with Crippen LogP contribution in [0.2, 0.25) is 0 Å². The first kappa shape index (κ1) is 17.1. The van der Waals surface area contributed by atoms with E-state index in [2.05, 4.69) is 5.32 Å². The Bertz CT molecular complexity index is 317. The Kier molecular flexibility index (Phi) is 7.89. The first-order valence-electron chi connectivity index (χ1n) is 8.32. The van der Waals surface area contributed by atoms with E-state index in [-0.39, 0.29) is 0 Å². The predicted octanol–water partition coefficient (Wildman–Crippen LogP) is 3.07. The monoisotopic (exact) mass is 314 g/mol. The molecule has 0 aromatic rings. The van der Waals surface area contributed by atoms with Crippen molar-refractivity contribution in [2.45, 2.75) is 44.9 Å². The van der Waals surface area contributed by atoms with Gasteiger partial charge in [0.15, 0.2) is 5.17 Å². The summed E-state index contributed by atoms with van der Waals surface area (Å²) in [6, 6.07) is 0. The van der Waals surface area contributed by atoms with Crippen molar-refractivity contribution in [2.75, 3.05) is 45.8 Å². The van der Waals surface area contributed by atoms with Gasteiger partial charge < -0.3 is 14.8 Å². The predicted molar refractivity (Wildman–Crippen MR) is 90.2 cm³/mol. The molecule has 2 aliphatic rings. The molecular weight excluding hydrogens is 284 g/mol. The third-order valence-corrected chi connectivity index (χ3v) is 5.71. The van der Waals surface area contributed by atoms with Gasteiger partial charge >= 0.3 is 0 Å². The Labute approximate surface area is 133 Å². The van der Waals surface area contributed by atoms with Crippen molar-refractivity contribution in [2.24, 2.45) is 10.4 Å². The molecule has 0 bridgehead atoms. The Morgan fingerprint density at radius 3 is 2.71 bits per heavy atom. The molecule has 0 radical (unpaired) electrons. The van der Waals surface area contributed by atoms with E-state index < -0.39 is 0 Å². The highest BCUT2D eigenvalue weighted by molar-refractivity contribution is 8.13. The first-order valence-corrected chi connectivity index (χ1v) is 9.31. The third-order valence-electron chi connectivity index (χ3n) is 4.41. The molecule has 1 aliphatic heterocycles. The van der Waals surface area contributed by atoms with Crippen LogP contribution in [0.4, 0.5) is 0 Å². The summed E-state index contributed by atoms with van der Waals surface area (Å²) in [6.07, 6.45) is 9.24. The van der Waals surface area contributed by atoms with Crippen LogP contribution in [0.5, 0.6) is 0 Å². The number of nitrogens with one attached hydrogen (secondary N) is 1. The lowest BCUT2D eigenvalue weighted by molar-refractivity contribution is 0.0689. The highest BCUT2D eigenvalue weighted by Gasteiger charge is 2.34. The SMILES string of the molecule is COCCOCCCCNC1=NCC2(CCCCC2)CS1. The van der Waals surface area contributed by atoms with Crippen LogP contribution in [0, 0.1) is 5.41 Å². The zero-order chi connectivity index (χ0) is 14.8. The first-order chi connectivity index (χ1) is 10.3. The molecule has 0 saturated heterocycles. The van der Waals surface area contributed by atoms with Gasteiger partial charge in [0.25, 0.3) is 0 Å². The van der Waals surface area contributed by atoms with Gasteiger partial charge in [0.2, 0.25) is 0 Å². The molecule has 2 rings (SSSR count). The minimum absolute atomic E-state index is 0.531. The van der Waals surface area contributed by atoms with Gasteiger partial charge in [-0.2, -0.15) is 0 Å². The second-order valence-electron chi connectivity index (χ2n) is 6.21. The average molecular weight is 314 g/mol. The largest absolute Gasteiger partial charge is 0.382 e. The Morgan fingerprint density at radius 2 is 2.00 bits per heavy atom. The quantitative estimate of drug-likeness (QED) is 0.699. The molecule has 1 heterocycles. The highest BCUT2D eigenvalue weighted by atomic mass is 32.2. The maximum atomic E-state index is 5.45. The van der Waals surface area contributed by atoms with E-state index in [9.17, 15) is 0 Å². The van der Waals surface area contributed by atoms with Gasteiger partial charge in [-0.3, -0.25) is 4.99 Å². The molecule has 1 N–H and O–H groups in total. The van der Waals surface area contributed by atoms with E-state index in [1.165, 1.54) is 37.9 Å². The van der Waals surface area contributed by atoms with Crippen molar-refractivity contribution in [1.29, 1.82) is 0 Å². The van der Waals surface area contributed by atoms with E-state index in [0.29, 0.717) is 18.6 Å². The lowest BCUT2D eigenvalue weighted by Crippen LogP contribution is -2.37. The van der Waals surface area contributed by atoms with Gasteiger partial charge in [0, 0.05) is 32.6 Å². The summed E-state index contributed by atoms with van der Waals surface area (Å²) >= 11 is 1.93. The van der Waals surface area contributed by atoms with Crippen LogP contribution in [0.15, 0.2) is 4.99 Å². The molecule has 1 fully saturated rings. The zero-order valence-corrected chi connectivity index (χ0v) is 14.2. The fourth-order valence-electron chi connectivity index (χ4n) is 3.03. The summed E-state index contributed by atoms with van der Waals surface area (Å²) in [6.45, 7) is 4.27. The van der Waals surface area contributed by atoms with Gasteiger partial charge in [0.05, 0.1) is 13.2 Å². The summed E-state index contributed by atoms with van der Waals surface area (Å²) in [5, 5.41) is 4.64. The number of unbranched alkanes of at least 4 members (excludes halogenated alkanes) is 1. The summed E-state index contributed by atoms with van der Waals surface area (Å²) in [5.74, 6) is 1.26. The molecule has 122 valence electrons. The maximum Gasteiger partial charge on any atom is 0.156 e. The second-order valence-corrected chi connectivity index (χ2v) is 7.17. The summed E-state index contributed by atoms with van der Waals surface area (Å²) in [4.78, 5) is 4.79. The standard InChI is InChI=1S/C16H30N2O2S/c1-19-11-12-20-10-6-5-9-17-15-18-13-16(14-21-15)7-3-2-4-8-16/h2-14H2,1H3,(H,17,18). The van der Waals surface area contributed by atoms with Crippen LogP contribution >= 0.6 is 11.8 Å². The van der Waals surface area contributed by atoms with Crippen molar-refractivity contribution in [3.8, 4) is 0 Å². The number of rotatable bonds is 8. The molecule has 0 amide bonds. The molecule has 4 nitrogen and oxygen atoms in total. The Morgan fingerprint density at radius 1 is 1.14 bits per heavy atom. The number of hydrogen-bond acceptors (Lipinski definition) is 5. The number of nitrogens with zero attached hydrogens (tertiary/aromatic N) is 1. The fraction of sp³-hybridized carbons (Fsp3) is 0.938.